The van der Waals surface area contributed by atoms with Gasteiger partial charge >= 0.3 is 0 Å². The van der Waals surface area contributed by atoms with Crippen molar-refractivity contribution in [2.24, 2.45) is 0 Å². The third kappa shape index (κ3) is 5.84. The predicted molar refractivity (Wildman–Crippen MR) is 110 cm³/mol. The van der Waals surface area contributed by atoms with Crippen molar-refractivity contribution in [1.29, 1.82) is 0 Å². The molecule has 3 aromatic rings. The number of ketones is 1. The fourth-order valence-electron chi connectivity index (χ4n) is 3.01. The smallest absolute Gasteiger partial charge is 0.167 e. The largest absolute Gasteiger partial charge is 0.294 e. The number of rotatable bonds is 8. The number of Topliss-reactive ketones (excluding diaryl/α,β-unsaturated/α-hetero) is 1. The van der Waals surface area contributed by atoms with Crippen LogP contribution in [0.4, 0.5) is 4.39 Å². The first-order chi connectivity index (χ1) is 13.1. The lowest BCUT2D eigenvalue weighted by atomic mass is 10.1. The Bertz CT molecular complexity index is 842. The monoisotopic (exact) mass is 425 g/mol. The molecule has 2 nitrogen and oxygen atoms in total. The molecule has 0 atom stereocenters. The van der Waals surface area contributed by atoms with Crippen LogP contribution >= 0.6 is 15.9 Å². The summed E-state index contributed by atoms with van der Waals surface area (Å²) in [5.74, 6) is -0.654. The number of nitrogens with zero attached hydrogens (tertiary/aromatic N) is 1. The first kappa shape index (κ1) is 19.5. The SMILES string of the molecule is O=C(CCN(Cc1ccccc1)Cc1ccccc1)c1ccc(Br)cc1F. The lowest BCUT2D eigenvalue weighted by Gasteiger charge is -2.22. The number of hydrogen-bond donors (Lipinski definition) is 0. The molecule has 0 radical (unpaired) electrons. The molecule has 0 bridgehead atoms. The van der Waals surface area contributed by atoms with Crippen molar-refractivity contribution in [2.75, 3.05) is 6.54 Å². The van der Waals surface area contributed by atoms with Crippen LogP contribution in [0.2, 0.25) is 0 Å². The molecule has 0 spiro atoms. The first-order valence-corrected chi connectivity index (χ1v) is 9.69. The van der Waals surface area contributed by atoms with Gasteiger partial charge in [0.15, 0.2) is 5.78 Å². The second-order valence-electron chi connectivity index (χ2n) is 6.48. The molecule has 0 unspecified atom stereocenters. The topological polar surface area (TPSA) is 20.3 Å². The van der Waals surface area contributed by atoms with Crippen LogP contribution in [0.5, 0.6) is 0 Å². The molecule has 4 heteroatoms. The summed E-state index contributed by atoms with van der Waals surface area (Å²) in [6, 6.07) is 24.9. The van der Waals surface area contributed by atoms with E-state index in [1.54, 1.807) is 12.1 Å². The van der Waals surface area contributed by atoms with Gasteiger partial charge in [-0.15, -0.1) is 0 Å². The van der Waals surface area contributed by atoms with Crippen molar-refractivity contribution in [1.82, 2.24) is 4.90 Å². The van der Waals surface area contributed by atoms with Gasteiger partial charge in [-0.05, 0) is 29.3 Å². The molecule has 3 rings (SSSR count). The average molecular weight is 426 g/mol. The fourth-order valence-corrected chi connectivity index (χ4v) is 3.34. The zero-order valence-corrected chi connectivity index (χ0v) is 16.5. The molecule has 0 heterocycles. The molecular formula is C23H21BrFNO. The minimum absolute atomic E-state index is 0.151. The van der Waals surface area contributed by atoms with Gasteiger partial charge in [-0.3, -0.25) is 9.69 Å². The summed E-state index contributed by atoms with van der Waals surface area (Å²) >= 11 is 3.22. The summed E-state index contributed by atoms with van der Waals surface area (Å²) in [7, 11) is 0. The van der Waals surface area contributed by atoms with Gasteiger partial charge in [-0.2, -0.15) is 0 Å². The molecular weight excluding hydrogens is 405 g/mol. The molecule has 0 aliphatic rings. The van der Waals surface area contributed by atoms with E-state index >= 15 is 0 Å². The number of halogens is 2. The molecule has 0 saturated heterocycles. The van der Waals surface area contributed by atoms with E-state index in [0.717, 1.165) is 13.1 Å². The zero-order valence-electron chi connectivity index (χ0n) is 14.9. The van der Waals surface area contributed by atoms with E-state index in [1.165, 1.54) is 17.2 Å². The standard InChI is InChI=1S/C23H21BrFNO/c24-20-11-12-21(22(25)15-20)23(27)13-14-26(16-18-7-3-1-4-8-18)17-19-9-5-2-6-10-19/h1-12,15H,13-14,16-17H2. The van der Waals surface area contributed by atoms with Gasteiger partial charge in [-0.25, -0.2) is 4.39 Å². The molecule has 0 aliphatic heterocycles. The number of carbonyl (C=O) groups is 1. The summed E-state index contributed by atoms with van der Waals surface area (Å²) in [4.78, 5) is 14.7. The fraction of sp³-hybridized carbons (Fsp3) is 0.174. The highest BCUT2D eigenvalue weighted by Crippen LogP contribution is 2.18. The Hall–Kier alpha value is -2.30. The van der Waals surface area contributed by atoms with Gasteiger partial charge in [0.2, 0.25) is 0 Å². The van der Waals surface area contributed by atoms with Crippen molar-refractivity contribution in [3.8, 4) is 0 Å². The molecule has 0 aliphatic carbocycles. The quantitative estimate of drug-likeness (QED) is 0.421. The second-order valence-corrected chi connectivity index (χ2v) is 7.39. The predicted octanol–water partition coefficient (Wildman–Crippen LogP) is 5.86. The van der Waals surface area contributed by atoms with Gasteiger partial charge in [0.1, 0.15) is 5.82 Å². The van der Waals surface area contributed by atoms with Gasteiger partial charge in [0.05, 0.1) is 5.56 Å². The van der Waals surface area contributed by atoms with Crippen LogP contribution in [-0.2, 0) is 13.1 Å². The Morgan fingerprint density at radius 2 is 1.41 bits per heavy atom. The molecule has 0 amide bonds. The van der Waals surface area contributed by atoms with Crippen LogP contribution in [0.3, 0.4) is 0 Å². The lowest BCUT2D eigenvalue weighted by Crippen LogP contribution is -2.26. The summed E-state index contributed by atoms with van der Waals surface area (Å²) in [5.41, 5.74) is 2.53. The van der Waals surface area contributed by atoms with E-state index in [1.807, 2.05) is 36.4 Å². The highest BCUT2D eigenvalue weighted by atomic mass is 79.9. The Morgan fingerprint density at radius 3 is 1.93 bits per heavy atom. The van der Waals surface area contributed by atoms with Gasteiger partial charge in [0.25, 0.3) is 0 Å². The third-order valence-electron chi connectivity index (χ3n) is 4.38. The van der Waals surface area contributed by atoms with Crippen LogP contribution < -0.4 is 0 Å². The molecule has 3 aromatic carbocycles. The molecule has 0 fully saturated rings. The van der Waals surface area contributed by atoms with E-state index in [2.05, 4.69) is 45.1 Å². The summed E-state index contributed by atoms with van der Waals surface area (Å²) < 4.78 is 14.7. The van der Waals surface area contributed by atoms with Gasteiger partial charge in [0, 0.05) is 30.5 Å². The van der Waals surface area contributed by atoms with Crippen LogP contribution in [0.1, 0.15) is 27.9 Å². The van der Waals surface area contributed by atoms with E-state index < -0.39 is 5.82 Å². The highest BCUT2D eigenvalue weighted by Gasteiger charge is 2.15. The first-order valence-electron chi connectivity index (χ1n) is 8.90. The van der Waals surface area contributed by atoms with Crippen molar-refractivity contribution in [3.63, 3.8) is 0 Å². The minimum Gasteiger partial charge on any atom is -0.294 e. The summed E-state index contributed by atoms with van der Waals surface area (Å²) in [6.45, 7) is 2.05. The summed E-state index contributed by atoms with van der Waals surface area (Å²) in [5, 5.41) is 0. The number of hydrogen-bond acceptors (Lipinski definition) is 2. The number of benzene rings is 3. The molecule has 0 aromatic heterocycles. The van der Waals surface area contributed by atoms with Crippen LogP contribution in [0, 0.1) is 5.82 Å². The molecule has 0 saturated carbocycles. The maximum atomic E-state index is 14.1. The minimum atomic E-state index is -0.480. The van der Waals surface area contributed by atoms with E-state index in [9.17, 15) is 9.18 Å². The van der Waals surface area contributed by atoms with Crippen molar-refractivity contribution in [3.05, 3.63) is 106 Å². The normalized spacial score (nSPS) is 10.9. The maximum Gasteiger partial charge on any atom is 0.167 e. The lowest BCUT2D eigenvalue weighted by molar-refractivity contribution is 0.0956. The maximum absolute atomic E-state index is 14.1. The van der Waals surface area contributed by atoms with Crippen LogP contribution in [0.15, 0.2) is 83.3 Å². The Morgan fingerprint density at radius 1 is 0.852 bits per heavy atom. The zero-order chi connectivity index (χ0) is 19.1. The van der Waals surface area contributed by atoms with Gasteiger partial charge in [-0.1, -0.05) is 76.6 Å². The molecule has 27 heavy (non-hydrogen) atoms. The van der Waals surface area contributed by atoms with Gasteiger partial charge < -0.3 is 0 Å². The van der Waals surface area contributed by atoms with E-state index in [-0.39, 0.29) is 17.8 Å². The van der Waals surface area contributed by atoms with Crippen molar-refractivity contribution in [2.45, 2.75) is 19.5 Å². The number of carbonyl (C=O) groups excluding carboxylic acids is 1. The highest BCUT2D eigenvalue weighted by molar-refractivity contribution is 9.10. The molecule has 138 valence electrons. The molecule has 0 N–H and O–H groups in total. The van der Waals surface area contributed by atoms with Crippen molar-refractivity contribution < 1.29 is 9.18 Å². The van der Waals surface area contributed by atoms with E-state index in [4.69, 9.17) is 0 Å². The van der Waals surface area contributed by atoms with Crippen LogP contribution in [0.25, 0.3) is 0 Å². The van der Waals surface area contributed by atoms with Crippen LogP contribution in [-0.4, -0.2) is 17.2 Å². The summed E-state index contributed by atoms with van der Waals surface area (Å²) in [6.07, 6.45) is 0.276. The Kier molecular flexibility index (Phi) is 6.91. The third-order valence-corrected chi connectivity index (χ3v) is 4.88. The second kappa shape index (κ2) is 9.58. The van der Waals surface area contributed by atoms with E-state index in [0.29, 0.717) is 11.0 Å². The Balaban J connectivity index is 1.69. The Labute approximate surface area is 167 Å². The average Bonchev–Trinajstić information content (AvgIpc) is 2.67. The van der Waals surface area contributed by atoms with Crippen molar-refractivity contribution >= 4 is 21.7 Å².